The predicted octanol–water partition coefficient (Wildman–Crippen LogP) is 9.20. The van der Waals surface area contributed by atoms with Gasteiger partial charge in [0.15, 0.2) is 0 Å². The van der Waals surface area contributed by atoms with Gasteiger partial charge in [-0.2, -0.15) is 0 Å². The number of allylic oxidation sites excluding steroid dienone is 2. The van der Waals surface area contributed by atoms with Crippen molar-refractivity contribution in [3.05, 3.63) is 11.1 Å². The monoisotopic (exact) mass is 350 g/mol. The van der Waals surface area contributed by atoms with Gasteiger partial charge in [0.05, 0.1) is 0 Å². The summed E-state index contributed by atoms with van der Waals surface area (Å²) < 4.78 is 0. The summed E-state index contributed by atoms with van der Waals surface area (Å²) in [6, 6.07) is 0. The molecule has 0 aromatic rings. The standard InChI is InChI=1S/C25H50/c1-11-22(23(12-2)25(8,9)10)18-17-21(4)20(3)16-14-13-15-19-24(5,6)7/h20-21H,11-19H2,1-10H3/b23-22-. The van der Waals surface area contributed by atoms with E-state index in [2.05, 4.69) is 69.2 Å². The van der Waals surface area contributed by atoms with Gasteiger partial charge < -0.3 is 0 Å². The van der Waals surface area contributed by atoms with E-state index >= 15 is 0 Å². The van der Waals surface area contributed by atoms with Crippen LogP contribution in [0, 0.1) is 22.7 Å². The molecule has 0 bridgehead atoms. The molecule has 0 heterocycles. The molecule has 0 heteroatoms. The molecular weight excluding hydrogens is 300 g/mol. The van der Waals surface area contributed by atoms with Crippen molar-refractivity contribution >= 4 is 0 Å². The summed E-state index contributed by atoms with van der Waals surface area (Å²) >= 11 is 0. The van der Waals surface area contributed by atoms with E-state index in [-0.39, 0.29) is 0 Å². The molecule has 0 aliphatic carbocycles. The van der Waals surface area contributed by atoms with Crippen LogP contribution in [-0.4, -0.2) is 0 Å². The molecule has 2 unspecified atom stereocenters. The van der Waals surface area contributed by atoms with Crippen molar-refractivity contribution < 1.29 is 0 Å². The lowest BCUT2D eigenvalue weighted by Crippen LogP contribution is -2.13. The van der Waals surface area contributed by atoms with Crippen molar-refractivity contribution in [2.75, 3.05) is 0 Å². The Balaban J connectivity index is 4.34. The maximum Gasteiger partial charge on any atom is -0.0170 e. The Labute approximate surface area is 161 Å². The molecule has 0 spiro atoms. The van der Waals surface area contributed by atoms with Gasteiger partial charge in [0.1, 0.15) is 0 Å². The Morgan fingerprint density at radius 3 is 1.72 bits per heavy atom. The molecular formula is C25H50. The molecule has 0 aromatic heterocycles. The number of unbranched alkanes of at least 4 members (excludes halogenated alkanes) is 2. The van der Waals surface area contributed by atoms with E-state index in [0.717, 1.165) is 11.8 Å². The van der Waals surface area contributed by atoms with Crippen molar-refractivity contribution in [2.45, 2.75) is 127 Å². The molecule has 0 aliphatic heterocycles. The van der Waals surface area contributed by atoms with Crippen LogP contribution in [0.1, 0.15) is 127 Å². The fraction of sp³-hybridized carbons (Fsp3) is 0.920. The van der Waals surface area contributed by atoms with Crippen LogP contribution in [0.5, 0.6) is 0 Å². The minimum atomic E-state index is 0.335. The molecule has 2 atom stereocenters. The molecule has 150 valence electrons. The maximum absolute atomic E-state index is 2.48. The highest BCUT2D eigenvalue weighted by Crippen LogP contribution is 2.35. The highest BCUT2D eigenvalue weighted by molar-refractivity contribution is 5.19. The summed E-state index contributed by atoms with van der Waals surface area (Å²) in [4.78, 5) is 0. The fourth-order valence-electron chi connectivity index (χ4n) is 4.12. The highest BCUT2D eigenvalue weighted by atomic mass is 14.3. The van der Waals surface area contributed by atoms with E-state index < -0.39 is 0 Å². The minimum absolute atomic E-state index is 0.335. The molecule has 0 saturated heterocycles. The van der Waals surface area contributed by atoms with E-state index in [1.807, 2.05) is 0 Å². The number of hydrogen-bond acceptors (Lipinski definition) is 0. The second-order valence-electron chi connectivity index (χ2n) is 10.7. The largest absolute Gasteiger partial charge is 0.0708 e. The Morgan fingerprint density at radius 2 is 1.28 bits per heavy atom. The Morgan fingerprint density at radius 1 is 0.720 bits per heavy atom. The fourth-order valence-corrected chi connectivity index (χ4v) is 4.12. The van der Waals surface area contributed by atoms with Crippen LogP contribution in [0.2, 0.25) is 0 Å². The molecule has 0 rings (SSSR count). The lowest BCUT2D eigenvalue weighted by molar-refractivity contribution is 0.318. The molecule has 0 N–H and O–H groups in total. The maximum atomic E-state index is 2.48. The van der Waals surface area contributed by atoms with Crippen LogP contribution in [-0.2, 0) is 0 Å². The van der Waals surface area contributed by atoms with Crippen molar-refractivity contribution in [1.29, 1.82) is 0 Å². The van der Waals surface area contributed by atoms with E-state index in [9.17, 15) is 0 Å². The van der Waals surface area contributed by atoms with Crippen LogP contribution >= 0.6 is 0 Å². The lowest BCUT2D eigenvalue weighted by atomic mass is 9.78. The quantitative estimate of drug-likeness (QED) is 0.257. The molecule has 0 nitrogen and oxygen atoms in total. The van der Waals surface area contributed by atoms with Gasteiger partial charge in [-0.05, 0) is 54.8 Å². The van der Waals surface area contributed by atoms with Crippen LogP contribution in [0.25, 0.3) is 0 Å². The van der Waals surface area contributed by atoms with E-state index in [1.54, 1.807) is 11.1 Å². The zero-order valence-electron chi connectivity index (χ0n) is 19.5. The van der Waals surface area contributed by atoms with Crippen molar-refractivity contribution in [3.8, 4) is 0 Å². The van der Waals surface area contributed by atoms with Crippen molar-refractivity contribution in [3.63, 3.8) is 0 Å². The van der Waals surface area contributed by atoms with Crippen molar-refractivity contribution in [2.24, 2.45) is 22.7 Å². The number of rotatable bonds is 11. The third kappa shape index (κ3) is 11.1. The zero-order chi connectivity index (χ0) is 19.7. The topological polar surface area (TPSA) is 0 Å². The normalized spacial score (nSPS) is 16.6. The summed E-state index contributed by atoms with van der Waals surface area (Å²) in [5.41, 5.74) is 4.28. The first-order valence-corrected chi connectivity index (χ1v) is 11.1. The zero-order valence-corrected chi connectivity index (χ0v) is 19.5. The van der Waals surface area contributed by atoms with Gasteiger partial charge in [-0.1, -0.05) is 106 Å². The molecule has 0 aromatic carbocycles. The summed E-state index contributed by atoms with van der Waals surface area (Å²) in [5, 5.41) is 0. The van der Waals surface area contributed by atoms with Gasteiger partial charge in [-0.15, -0.1) is 0 Å². The second-order valence-corrected chi connectivity index (χ2v) is 10.7. The smallest absolute Gasteiger partial charge is 0.0170 e. The third-order valence-electron chi connectivity index (χ3n) is 6.07. The van der Waals surface area contributed by atoms with Gasteiger partial charge in [0.2, 0.25) is 0 Å². The molecule has 0 radical (unpaired) electrons. The van der Waals surface area contributed by atoms with Crippen LogP contribution < -0.4 is 0 Å². The van der Waals surface area contributed by atoms with Gasteiger partial charge in [-0.25, -0.2) is 0 Å². The summed E-state index contributed by atoms with van der Waals surface area (Å²) in [7, 11) is 0. The predicted molar refractivity (Wildman–Crippen MR) is 117 cm³/mol. The summed E-state index contributed by atoms with van der Waals surface area (Å²) in [6.45, 7) is 23.9. The first-order chi connectivity index (χ1) is 11.4. The Hall–Kier alpha value is -0.260. The van der Waals surface area contributed by atoms with Crippen LogP contribution in [0.3, 0.4) is 0 Å². The Kier molecular flexibility index (Phi) is 11.3. The minimum Gasteiger partial charge on any atom is -0.0708 e. The summed E-state index contributed by atoms with van der Waals surface area (Å²) in [5.74, 6) is 1.72. The first-order valence-electron chi connectivity index (χ1n) is 11.1. The van der Waals surface area contributed by atoms with Gasteiger partial charge >= 0.3 is 0 Å². The van der Waals surface area contributed by atoms with E-state index in [0.29, 0.717) is 10.8 Å². The first kappa shape index (κ1) is 24.7. The van der Waals surface area contributed by atoms with E-state index in [4.69, 9.17) is 0 Å². The van der Waals surface area contributed by atoms with Gasteiger partial charge in [0, 0.05) is 0 Å². The second kappa shape index (κ2) is 11.5. The molecule has 0 amide bonds. The summed E-state index contributed by atoms with van der Waals surface area (Å²) in [6.07, 6.45) is 12.1. The van der Waals surface area contributed by atoms with Crippen molar-refractivity contribution in [1.82, 2.24) is 0 Å². The molecule has 0 fully saturated rings. The average molecular weight is 351 g/mol. The number of hydrogen-bond donors (Lipinski definition) is 0. The third-order valence-corrected chi connectivity index (χ3v) is 6.07. The molecule has 0 aliphatic rings. The highest BCUT2D eigenvalue weighted by Gasteiger charge is 2.20. The molecule has 25 heavy (non-hydrogen) atoms. The van der Waals surface area contributed by atoms with Gasteiger partial charge in [0.25, 0.3) is 0 Å². The lowest BCUT2D eigenvalue weighted by Gasteiger charge is -2.27. The van der Waals surface area contributed by atoms with Crippen LogP contribution in [0.4, 0.5) is 0 Å². The van der Waals surface area contributed by atoms with Gasteiger partial charge in [-0.3, -0.25) is 0 Å². The van der Waals surface area contributed by atoms with Crippen LogP contribution in [0.15, 0.2) is 11.1 Å². The Bertz CT molecular complexity index is 372. The SMILES string of the molecule is CC/C(CCC(C)C(C)CCCCCC(C)(C)C)=C(\CC)C(C)(C)C. The average Bonchev–Trinajstić information content (AvgIpc) is 2.47. The molecule has 0 saturated carbocycles. The van der Waals surface area contributed by atoms with E-state index in [1.165, 1.54) is 57.8 Å².